The van der Waals surface area contributed by atoms with Crippen LogP contribution < -0.4 is 15.4 Å². The number of amides is 2. The molecule has 2 N–H and O–H groups in total. The van der Waals surface area contributed by atoms with Gasteiger partial charge in [0, 0.05) is 22.4 Å². The Hall–Kier alpha value is -3.03. The molecular weight excluding hydrogens is 373 g/mol. The van der Waals surface area contributed by atoms with Gasteiger partial charge in [-0.1, -0.05) is 26.8 Å². The minimum atomic E-state index is -4.43. The molecule has 0 saturated heterocycles. The van der Waals surface area contributed by atoms with E-state index in [-0.39, 0.29) is 17.2 Å². The molecule has 0 atom stereocenters. The maximum Gasteiger partial charge on any atom is 0.422 e. The maximum absolute atomic E-state index is 12.3. The van der Waals surface area contributed by atoms with Crippen LogP contribution in [0.2, 0.25) is 0 Å². The largest absolute Gasteiger partial charge is 0.484 e. The van der Waals surface area contributed by atoms with Crippen LogP contribution in [0.1, 0.15) is 31.1 Å². The molecule has 0 radical (unpaired) electrons. The molecule has 5 nitrogen and oxygen atoms in total. The zero-order chi connectivity index (χ0) is 20.9. The van der Waals surface area contributed by atoms with Gasteiger partial charge >= 0.3 is 6.18 Å². The van der Waals surface area contributed by atoms with Crippen LogP contribution in [0.4, 0.5) is 24.5 Å². The van der Waals surface area contributed by atoms with Crippen molar-refractivity contribution in [2.45, 2.75) is 26.9 Å². The van der Waals surface area contributed by atoms with Crippen molar-refractivity contribution in [3.8, 4) is 5.75 Å². The summed E-state index contributed by atoms with van der Waals surface area (Å²) >= 11 is 0. The molecule has 2 aromatic carbocycles. The van der Waals surface area contributed by atoms with Crippen molar-refractivity contribution in [3.05, 3.63) is 54.1 Å². The number of carbonyl (C=O) groups is 2. The molecule has 0 aliphatic rings. The standard InChI is InChI=1S/C20H21F3N2O3/c1-19(2,3)18(27)25-15-6-4-5-14(11-15)24-17(26)13-7-9-16(10-8-13)28-12-20(21,22)23/h4-11H,12H2,1-3H3,(H,24,26)(H,25,27). The molecule has 0 aromatic heterocycles. The highest BCUT2D eigenvalue weighted by atomic mass is 19.4. The van der Waals surface area contributed by atoms with E-state index >= 15 is 0 Å². The zero-order valence-corrected chi connectivity index (χ0v) is 15.7. The molecule has 0 spiro atoms. The Labute approximate surface area is 160 Å². The lowest BCUT2D eigenvalue weighted by molar-refractivity contribution is -0.153. The van der Waals surface area contributed by atoms with E-state index in [0.717, 1.165) is 0 Å². The quantitative estimate of drug-likeness (QED) is 0.761. The lowest BCUT2D eigenvalue weighted by Gasteiger charge is -2.18. The van der Waals surface area contributed by atoms with E-state index in [1.165, 1.54) is 24.3 Å². The van der Waals surface area contributed by atoms with Crippen LogP contribution in [0, 0.1) is 5.41 Å². The van der Waals surface area contributed by atoms with E-state index in [2.05, 4.69) is 15.4 Å². The lowest BCUT2D eigenvalue weighted by Crippen LogP contribution is -2.27. The topological polar surface area (TPSA) is 67.4 Å². The minimum Gasteiger partial charge on any atom is -0.484 e. The summed E-state index contributed by atoms with van der Waals surface area (Å²) in [5.74, 6) is -0.590. The summed E-state index contributed by atoms with van der Waals surface area (Å²) in [4.78, 5) is 24.4. The Kier molecular flexibility index (Phi) is 6.33. The normalized spacial score (nSPS) is 11.6. The summed E-state index contributed by atoms with van der Waals surface area (Å²) in [5.41, 5.74) is 0.695. The monoisotopic (exact) mass is 394 g/mol. The predicted octanol–water partition coefficient (Wildman–Crippen LogP) is 4.86. The smallest absolute Gasteiger partial charge is 0.422 e. The summed E-state index contributed by atoms with van der Waals surface area (Å²) in [6.45, 7) is 3.97. The number of rotatable bonds is 5. The van der Waals surface area contributed by atoms with Gasteiger partial charge < -0.3 is 15.4 Å². The third kappa shape index (κ3) is 6.61. The van der Waals surface area contributed by atoms with Gasteiger partial charge in [-0.3, -0.25) is 9.59 Å². The molecule has 0 heterocycles. The molecule has 150 valence electrons. The number of alkyl halides is 3. The van der Waals surface area contributed by atoms with Crippen LogP contribution in [-0.4, -0.2) is 24.6 Å². The van der Waals surface area contributed by atoms with Crippen LogP contribution >= 0.6 is 0 Å². The molecule has 8 heteroatoms. The van der Waals surface area contributed by atoms with E-state index in [4.69, 9.17) is 0 Å². The van der Waals surface area contributed by atoms with Crippen molar-refractivity contribution in [1.29, 1.82) is 0 Å². The highest BCUT2D eigenvalue weighted by Crippen LogP contribution is 2.22. The van der Waals surface area contributed by atoms with Gasteiger partial charge in [-0.15, -0.1) is 0 Å². The Morgan fingerprint density at radius 2 is 1.50 bits per heavy atom. The fourth-order valence-corrected chi connectivity index (χ4v) is 2.06. The first kappa shape index (κ1) is 21.3. The first-order valence-electron chi connectivity index (χ1n) is 8.46. The van der Waals surface area contributed by atoms with E-state index in [1.807, 2.05) is 0 Å². The van der Waals surface area contributed by atoms with Crippen molar-refractivity contribution in [2.75, 3.05) is 17.2 Å². The number of ether oxygens (including phenoxy) is 1. The summed E-state index contributed by atoms with van der Waals surface area (Å²) in [7, 11) is 0. The molecule has 0 bridgehead atoms. The Morgan fingerprint density at radius 3 is 2.04 bits per heavy atom. The third-order valence-electron chi connectivity index (χ3n) is 3.58. The van der Waals surface area contributed by atoms with Crippen molar-refractivity contribution >= 4 is 23.2 Å². The fourth-order valence-electron chi connectivity index (χ4n) is 2.06. The van der Waals surface area contributed by atoms with Gasteiger partial charge in [-0.2, -0.15) is 13.2 Å². The highest BCUT2D eigenvalue weighted by Gasteiger charge is 2.28. The molecule has 0 saturated carbocycles. The first-order chi connectivity index (χ1) is 12.9. The molecule has 0 aliphatic carbocycles. The van der Waals surface area contributed by atoms with Crippen molar-refractivity contribution < 1.29 is 27.5 Å². The van der Waals surface area contributed by atoms with Gasteiger partial charge in [0.05, 0.1) is 0 Å². The summed E-state index contributed by atoms with van der Waals surface area (Å²) in [6.07, 6.45) is -4.43. The maximum atomic E-state index is 12.3. The molecule has 28 heavy (non-hydrogen) atoms. The Bertz CT molecular complexity index is 841. The number of anilines is 2. The van der Waals surface area contributed by atoms with Crippen molar-refractivity contribution in [3.63, 3.8) is 0 Å². The van der Waals surface area contributed by atoms with Crippen LogP contribution in [0.25, 0.3) is 0 Å². The first-order valence-corrected chi connectivity index (χ1v) is 8.46. The van der Waals surface area contributed by atoms with E-state index in [1.54, 1.807) is 45.0 Å². The number of hydrogen-bond acceptors (Lipinski definition) is 3. The van der Waals surface area contributed by atoms with E-state index in [9.17, 15) is 22.8 Å². The van der Waals surface area contributed by atoms with Gasteiger partial charge in [0.2, 0.25) is 5.91 Å². The molecule has 2 rings (SSSR count). The number of halogens is 3. The second kappa shape index (κ2) is 8.33. The lowest BCUT2D eigenvalue weighted by atomic mass is 9.95. The van der Waals surface area contributed by atoms with Crippen LogP contribution in [0.15, 0.2) is 48.5 Å². The van der Waals surface area contributed by atoms with Gasteiger partial charge in [-0.25, -0.2) is 0 Å². The van der Waals surface area contributed by atoms with Gasteiger partial charge in [0.1, 0.15) is 5.75 Å². The number of carbonyl (C=O) groups excluding carboxylic acids is 2. The highest BCUT2D eigenvalue weighted by molar-refractivity contribution is 6.04. The van der Waals surface area contributed by atoms with Crippen molar-refractivity contribution in [1.82, 2.24) is 0 Å². The Balaban J connectivity index is 2.01. The predicted molar refractivity (Wildman–Crippen MR) is 100 cm³/mol. The average Bonchev–Trinajstić information content (AvgIpc) is 2.59. The molecule has 0 unspecified atom stereocenters. The number of nitrogens with one attached hydrogen (secondary N) is 2. The second-order valence-corrected chi connectivity index (χ2v) is 7.17. The molecule has 2 aromatic rings. The molecular formula is C20H21F3N2O3. The van der Waals surface area contributed by atoms with Crippen molar-refractivity contribution in [2.24, 2.45) is 5.41 Å². The average molecular weight is 394 g/mol. The summed E-state index contributed by atoms with van der Waals surface area (Å²) in [6, 6.07) is 12.0. The van der Waals surface area contributed by atoms with Gasteiger partial charge in [0.25, 0.3) is 5.91 Å². The van der Waals surface area contributed by atoms with Gasteiger partial charge in [0.15, 0.2) is 6.61 Å². The zero-order valence-electron chi connectivity index (χ0n) is 15.7. The second-order valence-electron chi connectivity index (χ2n) is 7.17. The summed E-state index contributed by atoms with van der Waals surface area (Å²) < 4.78 is 41.1. The van der Waals surface area contributed by atoms with Crippen LogP contribution in [0.3, 0.4) is 0 Å². The van der Waals surface area contributed by atoms with E-state index < -0.39 is 24.1 Å². The fraction of sp³-hybridized carbons (Fsp3) is 0.300. The van der Waals surface area contributed by atoms with E-state index in [0.29, 0.717) is 11.4 Å². The number of benzene rings is 2. The third-order valence-corrected chi connectivity index (χ3v) is 3.58. The minimum absolute atomic E-state index is 0.0146. The van der Waals surface area contributed by atoms with Crippen LogP contribution in [0.5, 0.6) is 5.75 Å². The SMILES string of the molecule is CC(C)(C)C(=O)Nc1cccc(NC(=O)c2ccc(OCC(F)(F)F)cc2)c1. The van der Waals surface area contributed by atoms with Crippen LogP contribution in [-0.2, 0) is 4.79 Å². The number of hydrogen-bond donors (Lipinski definition) is 2. The van der Waals surface area contributed by atoms with Gasteiger partial charge in [-0.05, 0) is 42.5 Å². The Morgan fingerprint density at radius 1 is 0.929 bits per heavy atom. The summed E-state index contributed by atoms with van der Waals surface area (Å²) in [5, 5.41) is 5.45. The molecule has 0 fully saturated rings. The molecule has 0 aliphatic heterocycles. The molecule has 2 amide bonds.